The van der Waals surface area contributed by atoms with Gasteiger partial charge in [0.05, 0.1) is 24.9 Å². The molecule has 16 heteroatoms. The van der Waals surface area contributed by atoms with Crippen molar-refractivity contribution in [2.45, 2.75) is 25.4 Å². The zero-order chi connectivity index (χ0) is 29.2. The van der Waals surface area contributed by atoms with Gasteiger partial charge in [0.25, 0.3) is 5.91 Å². The number of methoxy groups -OCH3 is 1. The molecule has 0 fully saturated rings. The average molecular weight is 580 g/mol. The summed E-state index contributed by atoms with van der Waals surface area (Å²) >= 11 is 5.91. The Kier molecular flexibility index (Phi) is 8.06. The van der Waals surface area contributed by atoms with Gasteiger partial charge in [-0.1, -0.05) is 23.7 Å². The maximum atomic E-state index is 13.2. The van der Waals surface area contributed by atoms with E-state index in [4.69, 9.17) is 16.3 Å². The fourth-order valence-electron chi connectivity index (χ4n) is 3.73. The molecule has 0 aliphatic carbocycles. The number of alkyl halides is 3. The van der Waals surface area contributed by atoms with E-state index in [1.807, 2.05) is 0 Å². The Morgan fingerprint density at radius 1 is 1.12 bits per heavy atom. The van der Waals surface area contributed by atoms with E-state index >= 15 is 0 Å². The van der Waals surface area contributed by atoms with Crippen molar-refractivity contribution in [3.63, 3.8) is 0 Å². The van der Waals surface area contributed by atoms with Crippen LogP contribution in [0.2, 0.25) is 5.02 Å². The predicted octanol–water partition coefficient (Wildman–Crippen LogP) is 2.06. The van der Waals surface area contributed by atoms with E-state index < -0.39 is 42.9 Å². The second-order valence-corrected chi connectivity index (χ2v) is 8.73. The van der Waals surface area contributed by atoms with Crippen molar-refractivity contribution in [1.82, 2.24) is 34.4 Å². The molecule has 12 nitrogen and oxygen atoms in total. The topological polar surface area (TPSA) is 146 Å². The lowest BCUT2D eigenvalue weighted by Gasteiger charge is -2.15. The minimum absolute atomic E-state index is 0.141. The molecule has 0 unspecified atom stereocenters. The molecule has 2 N–H and O–H groups in total. The fourth-order valence-corrected chi connectivity index (χ4v) is 3.86. The quantitative estimate of drug-likeness (QED) is 0.302. The van der Waals surface area contributed by atoms with Crippen molar-refractivity contribution >= 4 is 23.5 Å². The van der Waals surface area contributed by atoms with Gasteiger partial charge in [-0.15, -0.1) is 10.2 Å². The van der Waals surface area contributed by atoms with Crippen LogP contribution in [0, 0.1) is 0 Å². The zero-order valence-corrected chi connectivity index (χ0v) is 21.6. The SMILES string of the molecule is CNC(=O)c1ccccc1-n1nc(Cn2nc(-c3ccc(Cl)cc3)n(C[C@H](O)C(F)(F)F)c2=O)nc1C(=O)OC. The number of carbonyl (C=O) groups is 2. The van der Waals surface area contributed by atoms with Crippen molar-refractivity contribution in [2.24, 2.45) is 0 Å². The molecule has 210 valence electrons. The summed E-state index contributed by atoms with van der Waals surface area (Å²) in [6, 6.07) is 12.0. The Morgan fingerprint density at radius 2 is 1.80 bits per heavy atom. The van der Waals surface area contributed by atoms with Crippen LogP contribution in [0.1, 0.15) is 26.8 Å². The molecule has 0 aliphatic heterocycles. The molecule has 2 heterocycles. The molecule has 2 aromatic heterocycles. The molecule has 2 aromatic carbocycles. The van der Waals surface area contributed by atoms with Gasteiger partial charge >= 0.3 is 17.8 Å². The standard InChI is InChI=1S/C24H21ClF3N7O5/c1-29-21(37)15-5-3-4-6-16(15)35-20(22(38)40-2)30-18(31-35)12-34-23(39)33(11-17(36)24(26,27)28)19(32-34)13-7-9-14(25)10-8-13/h3-10,17,36H,11-12H2,1-2H3,(H,29,37)/t17-/m0/s1. The van der Waals surface area contributed by atoms with Crippen LogP contribution in [-0.4, -0.2) is 72.5 Å². The van der Waals surface area contributed by atoms with Gasteiger partial charge in [0.1, 0.15) is 6.54 Å². The van der Waals surface area contributed by atoms with Crippen LogP contribution in [0.15, 0.2) is 53.3 Å². The van der Waals surface area contributed by atoms with Crippen molar-refractivity contribution < 1.29 is 32.6 Å². The summed E-state index contributed by atoms with van der Waals surface area (Å²) in [5.74, 6) is -2.03. The number of halogens is 4. The number of esters is 1. The molecular weight excluding hydrogens is 559 g/mol. The molecule has 0 radical (unpaired) electrons. The summed E-state index contributed by atoms with van der Waals surface area (Å²) in [7, 11) is 2.53. The van der Waals surface area contributed by atoms with Gasteiger partial charge in [0.2, 0.25) is 5.82 Å². The summed E-state index contributed by atoms with van der Waals surface area (Å²) in [5, 5.41) is 20.9. The first-order chi connectivity index (χ1) is 18.9. The number of aliphatic hydroxyl groups is 1. The number of para-hydroxylation sites is 1. The first-order valence-corrected chi connectivity index (χ1v) is 11.9. The van der Waals surface area contributed by atoms with E-state index in [1.165, 1.54) is 43.4 Å². The number of aliphatic hydroxyl groups excluding tert-OH is 1. The largest absolute Gasteiger partial charge is 0.463 e. The normalized spacial score (nSPS) is 12.3. The van der Waals surface area contributed by atoms with Crippen molar-refractivity contribution in [3.8, 4) is 17.1 Å². The maximum Gasteiger partial charge on any atom is 0.416 e. The number of aromatic nitrogens is 6. The Bertz CT molecular complexity index is 1610. The number of hydrogen-bond acceptors (Lipinski definition) is 8. The number of nitrogens with zero attached hydrogens (tertiary/aromatic N) is 6. The Balaban J connectivity index is 1.81. The van der Waals surface area contributed by atoms with Crippen LogP contribution in [0.25, 0.3) is 17.1 Å². The maximum absolute atomic E-state index is 13.2. The van der Waals surface area contributed by atoms with E-state index in [-0.39, 0.29) is 34.3 Å². The monoisotopic (exact) mass is 579 g/mol. The number of nitrogens with one attached hydrogen (secondary N) is 1. The van der Waals surface area contributed by atoms with Crippen molar-refractivity contribution in [2.75, 3.05) is 14.2 Å². The van der Waals surface area contributed by atoms with E-state index in [2.05, 4.69) is 20.5 Å². The minimum Gasteiger partial charge on any atom is -0.463 e. The number of carbonyl (C=O) groups excluding carboxylic acids is 2. The number of rotatable bonds is 8. The lowest BCUT2D eigenvalue weighted by molar-refractivity contribution is -0.207. The highest BCUT2D eigenvalue weighted by atomic mass is 35.5. The van der Waals surface area contributed by atoms with Crippen LogP contribution in [0.5, 0.6) is 0 Å². The van der Waals surface area contributed by atoms with Gasteiger partial charge in [-0.05, 0) is 36.4 Å². The van der Waals surface area contributed by atoms with Gasteiger partial charge < -0.3 is 15.2 Å². The van der Waals surface area contributed by atoms with Gasteiger partial charge in [-0.25, -0.2) is 23.9 Å². The van der Waals surface area contributed by atoms with Crippen molar-refractivity contribution in [1.29, 1.82) is 0 Å². The summed E-state index contributed by atoms with van der Waals surface area (Å²) in [6.45, 7) is -1.61. The molecule has 0 saturated heterocycles. The van der Waals surface area contributed by atoms with Gasteiger partial charge in [-0.2, -0.15) is 13.2 Å². The third kappa shape index (κ3) is 5.74. The Morgan fingerprint density at radius 3 is 2.42 bits per heavy atom. The van der Waals surface area contributed by atoms with Crippen LogP contribution in [-0.2, 0) is 17.8 Å². The van der Waals surface area contributed by atoms with E-state index in [0.29, 0.717) is 9.59 Å². The number of ether oxygens (including phenoxy) is 1. The lowest BCUT2D eigenvalue weighted by atomic mass is 10.1. The molecule has 4 aromatic rings. The van der Waals surface area contributed by atoms with Crippen LogP contribution < -0.4 is 11.0 Å². The second-order valence-electron chi connectivity index (χ2n) is 8.29. The molecule has 0 aliphatic rings. The van der Waals surface area contributed by atoms with Gasteiger partial charge in [0.15, 0.2) is 17.8 Å². The molecule has 0 saturated carbocycles. The van der Waals surface area contributed by atoms with Crippen molar-refractivity contribution in [3.05, 3.63) is 81.3 Å². The van der Waals surface area contributed by atoms with Crippen LogP contribution >= 0.6 is 11.6 Å². The number of hydrogen-bond donors (Lipinski definition) is 2. The summed E-state index contributed by atoms with van der Waals surface area (Å²) in [4.78, 5) is 42.2. The first kappa shape index (κ1) is 28.5. The highest BCUT2D eigenvalue weighted by Crippen LogP contribution is 2.24. The molecule has 1 atom stereocenters. The van der Waals surface area contributed by atoms with Crippen LogP contribution in [0.3, 0.4) is 0 Å². The Hall–Kier alpha value is -4.50. The third-order valence-corrected chi connectivity index (χ3v) is 5.92. The highest BCUT2D eigenvalue weighted by Gasteiger charge is 2.39. The van der Waals surface area contributed by atoms with E-state index in [1.54, 1.807) is 12.1 Å². The molecule has 0 spiro atoms. The number of benzene rings is 2. The summed E-state index contributed by atoms with van der Waals surface area (Å²) in [5.41, 5.74) is -0.425. The number of amides is 1. The third-order valence-electron chi connectivity index (χ3n) is 5.67. The van der Waals surface area contributed by atoms with Gasteiger partial charge in [-0.3, -0.25) is 9.36 Å². The molecule has 1 amide bonds. The second kappa shape index (κ2) is 11.3. The first-order valence-electron chi connectivity index (χ1n) is 11.5. The smallest absolute Gasteiger partial charge is 0.416 e. The lowest BCUT2D eigenvalue weighted by Crippen LogP contribution is -2.37. The molecule has 0 bridgehead atoms. The minimum atomic E-state index is -4.99. The van der Waals surface area contributed by atoms with Crippen LogP contribution in [0.4, 0.5) is 13.2 Å². The van der Waals surface area contributed by atoms with E-state index in [0.717, 1.165) is 16.5 Å². The summed E-state index contributed by atoms with van der Waals surface area (Å²) in [6.07, 6.45) is -7.84. The Labute approximate surface area is 228 Å². The summed E-state index contributed by atoms with van der Waals surface area (Å²) < 4.78 is 46.7. The zero-order valence-electron chi connectivity index (χ0n) is 20.9. The molecule has 40 heavy (non-hydrogen) atoms. The highest BCUT2D eigenvalue weighted by molar-refractivity contribution is 6.30. The fraction of sp³-hybridized carbons (Fsp3) is 0.250. The molecular formula is C24H21ClF3N7O5. The average Bonchev–Trinajstić information content (AvgIpc) is 3.49. The van der Waals surface area contributed by atoms with E-state index in [9.17, 15) is 32.7 Å². The van der Waals surface area contributed by atoms with Gasteiger partial charge in [0, 0.05) is 17.6 Å². The molecule has 4 rings (SSSR count). The predicted molar refractivity (Wildman–Crippen MR) is 134 cm³/mol.